The number of amides is 1. The van der Waals surface area contributed by atoms with E-state index >= 15 is 0 Å². The van der Waals surface area contributed by atoms with E-state index in [9.17, 15) is 4.79 Å². The minimum Gasteiger partial charge on any atom is -0.368 e. The number of ether oxygens (including phenoxy) is 1. The number of piperazine rings is 1. The van der Waals surface area contributed by atoms with Gasteiger partial charge in [0.25, 0.3) is 0 Å². The molecule has 4 heterocycles. The van der Waals surface area contributed by atoms with Gasteiger partial charge in [-0.15, -0.1) is 11.3 Å². The van der Waals surface area contributed by atoms with Crippen molar-refractivity contribution < 1.29 is 9.53 Å². The number of thiophene rings is 1. The van der Waals surface area contributed by atoms with Crippen LogP contribution in [0.3, 0.4) is 0 Å². The second kappa shape index (κ2) is 8.41. The highest BCUT2D eigenvalue weighted by Crippen LogP contribution is 2.36. The molecule has 29 heavy (non-hydrogen) atoms. The van der Waals surface area contributed by atoms with Crippen molar-refractivity contribution in [2.24, 2.45) is 5.73 Å². The topological polar surface area (TPSA) is 87.8 Å². The van der Waals surface area contributed by atoms with Crippen molar-refractivity contribution in [3.63, 3.8) is 0 Å². The molecule has 4 rings (SSSR count). The normalized spacial score (nSPS) is 24.0. The summed E-state index contributed by atoms with van der Waals surface area (Å²) in [6.07, 6.45) is 3.55. The molecule has 2 N–H and O–H groups in total. The Morgan fingerprint density at radius 3 is 2.72 bits per heavy atom. The lowest BCUT2D eigenvalue weighted by Crippen LogP contribution is -2.61. The number of carbonyl (C=O) groups excluding carboxylic acids is 1. The Balaban J connectivity index is 1.58. The van der Waals surface area contributed by atoms with Crippen molar-refractivity contribution in [1.29, 1.82) is 0 Å². The molecule has 2 saturated heterocycles. The third kappa shape index (κ3) is 4.26. The average Bonchev–Trinajstić information content (AvgIpc) is 3.12. The van der Waals surface area contributed by atoms with Gasteiger partial charge in [0.1, 0.15) is 11.9 Å². The summed E-state index contributed by atoms with van der Waals surface area (Å²) < 4.78 is 6.64. The number of aromatic nitrogens is 2. The molecular formula is C19H27ClN6O2S. The van der Waals surface area contributed by atoms with Crippen LogP contribution in [0.2, 0.25) is 0 Å². The van der Waals surface area contributed by atoms with Gasteiger partial charge in [-0.1, -0.05) is 11.6 Å². The van der Waals surface area contributed by atoms with E-state index in [2.05, 4.69) is 30.7 Å². The molecule has 2 fully saturated rings. The lowest BCUT2D eigenvalue weighted by atomic mass is 10.0. The molecule has 2 aromatic rings. The molecule has 0 aliphatic carbocycles. The fourth-order valence-electron chi connectivity index (χ4n) is 4.05. The zero-order chi connectivity index (χ0) is 20.6. The fraction of sp³-hybridized carbons (Fsp3) is 0.632. The van der Waals surface area contributed by atoms with Gasteiger partial charge in [0.05, 0.1) is 28.5 Å². The second-order valence-electron chi connectivity index (χ2n) is 8.02. The van der Waals surface area contributed by atoms with E-state index in [1.807, 2.05) is 20.0 Å². The van der Waals surface area contributed by atoms with Gasteiger partial charge in [-0.3, -0.25) is 19.5 Å². The average molecular weight is 439 g/mol. The maximum atomic E-state index is 11.9. The molecule has 0 spiro atoms. The first-order chi connectivity index (χ1) is 13.9. The minimum atomic E-state index is -0.644. The van der Waals surface area contributed by atoms with Crippen molar-refractivity contribution in [3.05, 3.63) is 23.5 Å². The number of hydrogen-bond acceptors (Lipinski definition) is 8. The predicted molar refractivity (Wildman–Crippen MR) is 114 cm³/mol. The highest BCUT2D eigenvalue weighted by Gasteiger charge is 2.38. The molecule has 2 aromatic heterocycles. The zero-order valence-electron chi connectivity index (χ0n) is 16.8. The highest BCUT2D eigenvalue weighted by molar-refractivity contribution is 7.19. The third-order valence-corrected chi connectivity index (χ3v) is 7.29. The molecule has 2 unspecified atom stereocenters. The van der Waals surface area contributed by atoms with Crippen molar-refractivity contribution in [3.8, 4) is 0 Å². The number of rotatable bonds is 5. The lowest BCUT2D eigenvalue weighted by molar-refractivity contribution is -0.130. The molecule has 10 heteroatoms. The van der Waals surface area contributed by atoms with E-state index in [0.29, 0.717) is 13.2 Å². The summed E-state index contributed by atoms with van der Waals surface area (Å²) >= 11 is 8.04. The van der Waals surface area contributed by atoms with E-state index < -0.39 is 5.54 Å². The Labute approximate surface area is 179 Å². The number of primary amides is 1. The number of morpholine rings is 1. The first-order valence-corrected chi connectivity index (χ1v) is 11.1. The van der Waals surface area contributed by atoms with Crippen LogP contribution in [0.5, 0.6) is 0 Å². The van der Waals surface area contributed by atoms with Gasteiger partial charge in [-0.25, -0.2) is 9.97 Å². The maximum absolute atomic E-state index is 11.9. The smallest absolute Gasteiger partial charge is 0.237 e. The van der Waals surface area contributed by atoms with Crippen LogP contribution in [0.1, 0.15) is 24.9 Å². The number of halogens is 1. The van der Waals surface area contributed by atoms with Crippen LogP contribution in [0.4, 0.5) is 0 Å². The van der Waals surface area contributed by atoms with Gasteiger partial charge in [0, 0.05) is 50.3 Å². The maximum Gasteiger partial charge on any atom is 0.237 e. The molecule has 2 aliphatic heterocycles. The first kappa shape index (κ1) is 20.9. The molecule has 0 bridgehead atoms. The quantitative estimate of drug-likeness (QED) is 0.707. The number of nitrogens with two attached hydrogens (primary N) is 1. The highest BCUT2D eigenvalue weighted by atomic mass is 35.5. The Hall–Kier alpha value is -1.36. The van der Waals surface area contributed by atoms with Gasteiger partial charge in [0.2, 0.25) is 5.91 Å². The van der Waals surface area contributed by atoms with E-state index in [-0.39, 0.29) is 17.6 Å². The first-order valence-electron chi connectivity index (χ1n) is 9.84. The van der Waals surface area contributed by atoms with E-state index in [0.717, 1.165) is 42.9 Å². The van der Waals surface area contributed by atoms with Gasteiger partial charge in [-0.2, -0.15) is 0 Å². The molecular weight excluding hydrogens is 412 g/mol. The van der Waals surface area contributed by atoms with E-state index in [1.54, 1.807) is 17.7 Å². The van der Waals surface area contributed by atoms with Crippen molar-refractivity contribution in [2.45, 2.75) is 31.1 Å². The van der Waals surface area contributed by atoms with E-state index in [1.165, 1.54) is 4.88 Å². The number of alkyl halides is 1. The van der Waals surface area contributed by atoms with Crippen molar-refractivity contribution in [1.82, 2.24) is 24.7 Å². The molecule has 158 valence electrons. The minimum absolute atomic E-state index is 0.0955. The fourth-order valence-corrected chi connectivity index (χ4v) is 5.48. The van der Waals surface area contributed by atoms with Crippen molar-refractivity contribution in [2.75, 3.05) is 45.9 Å². The number of fused-ring (bicyclic) bond motifs is 1. The zero-order valence-corrected chi connectivity index (χ0v) is 18.3. The predicted octanol–water partition coefficient (Wildman–Crippen LogP) is 1.47. The third-order valence-electron chi connectivity index (χ3n) is 5.92. The van der Waals surface area contributed by atoms with Gasteiger partial charge in [-0.05, 0) is 19.9 Å². The molecule has 2 atom stereocenters. The molecule has 0 radical (unpaired) electrons. The van der Waals surface area contributed by atoms with Crippen molar-refractivity contribution >= 4 is 39.1 Å². The van der Waals surface area contributed by atoms with Crippen LogP contribution in [0, 0.1) is 0 Å². The lowest BCUT2D eigenvalue weighted by Gasteiger charge is -2.47. The second-order valence-corrected chi connectivity index (χ2v) is 9.62. The molecule has 0 saturated carbocycles. The standard InChI is InChI=1S/C19H27ClN6O2S/c1-19(2,18(21)27)26-5-3-24(4-6-26)17(25-7-8-28-16(20)11-25)14-9-13-15(29-14)10-22-12-23-13/h9-10,12,16-17H,3-8,11H2,1-2H3,(H2,21,27). The Morgan fingerprint density at radius 2 is 2.07 bits per heavy atom. The number of carbonyl (C=O) groups is 1. The van der Waals surface area contributed by atoms with Crippen LogP contribution >= 0.6 is 22.9 Å². The van der Waals surface area contributed by atoms with Crippen LogP contribution in [-0.2, 0) is 9.53 Å². The molecule has 0 aromatic carbocycles. The summed E-state index contributed by atoms with van der Waals surface area (Å²) in [6.45, 7) is 9.14. The summed E-state index contributed by atoms with van der Waals surface area (Å²) in [5, 5.41) is 0. The molecule has 1 amide bonds. The van der Waals surface area contributed by atoms with Crippen LogP contribution in [0.15, 0.2) is 18.6 Å². The summed E-state index contributed by atoms with van der Waals surface area (Å²) in [6, 6.07) is 2.16. The molecule has 8 nitrogen and oxygen atoms in total. The van der Waals surface area contributed by atoms with Crippen LogP contribution in [0.25, 0.3) is 10.2 Å². The van der Waals surface area contributed by atoms with Gasteiger partial charge < -0.3 is 10.5 Å². The number of hydrogen-bond donors (Lipinski definition) is 1. The summed E-state index contributed by atoms with van der Waals surface area (Å²) in [7, 11) is 0. The van der Waals surface area contributed by atoms with Gasteiger partial charge in [0.15, 0.2) is 0 Å². The Bertz CT molecular complexity index is 836. The van der Waals surface area contributed by atoms with Gasteiger partial charge >= 0.3 is 0 Å². The largest absolute Gasteiger partial charge is 0.368 e. The Kier molecular flexibility index (Phi) is 6.06. The summed E-state index contributed by atoms with van der Waals surface area (Å²) in [4.78, 5) is 28.7. The Morgan fingerprint density at radius 1 is 1.31 bits per heavy atom. The summed E-state index contributed by atoms with van der Waals surface area (Å²) in [5.74, 6) is -0.288. The monoisotopic (exact) mass is 438 g/mol. The van der Waals surface area contributed by atoms with E-state index in [4.69, 9.17) is 22.1 Å². The summed E-state index contributed by atoms with van der Waals surface area (Å²) in [5.41, 5.74) is 5.63. The van der Waals surface area contributed by atoms with Crippen LogP contribution in [-0.4, -0.2) is 87.6 Å². The number of nitrogens with zero attached hydrogens (tertiary/aromatic N) is 5. The SMILES string of the molecule is CC(C)(C(N)=O)N1CCN(C(c2cc3ncncc3s2)N2CCOC(Cl)C2)CC1. The van der Waals surface area contributed by atoms with Crippen LogP contribution < -0.4 is 5.73 Å². The molecule has 2 aliphatic rings.